The molecule has 2 N–H and O–H groups in total. The van der Waals surface area contributed by atoms with E-state index < -0.39 is 5.60 Å². The first-order valence-electron chi connectivity index (χ1n) is 8.47. The number of carbonyl (C=O) groups is 1. The van der Waals surface area contributed by atoms with Gasteiger partial charge in [-0.05, 0) is 17.7 Å². The molecule has 6 heteroatoms. The van der Waals surface area contributed by atoms with Crippen molar-refractivity contribution in [3.63, 3.8) is 0 Å². The highest BCUT2D eigenvalue weighted by Gasteiger charge is 2.33. The summed E-state index contributed by atoms with van der Waals surface area (Å²) in [5.41, 5.74) is 0.0426. The molecule has 1 saturated heterocycles. The maximum absolute atomic E-state index is 12.7. The number of hydrogen-bond donors (Lipinski definition) is 2. The van der Waals surface area contributed by atoms with Gasteiger partial charge in [-0.2, -0.15) is 0 Å². The average Bonchev–Trinajstić information content (AvgIpc) is 3.14. The molecule has 2 amide bonds. The van der Waals surface area contributed by atoms with Crippen LogP contribution in [0.3, 0.4) is 0 Å². The van der Waals surface area contributed by atoms with Gasteiger partial charge < -0.3 is 24.5 Å². The van der Waals surface area contributed by atoms with Crippen molar-refractivity contribution in [1.29, 1.82) is 0 Å². The highest BCUT2D eigenvalue weighted by atomic mass is 16.5. The lowest BCUT2D eigenvalue weighted by Gasteiger charge is -2.35. The van der Waals surface area contributed by atoms with E-state index in [-0.39, 0.29) is 18.6 Å². The number of rotatable bonds is 5. The molecule has 0 radical (unpaired) electrons. The van der Waals surface area contributed by atoms with Crippen LogP contribution < -0.4 is 5.32 Å². The molecule has 1 aromatic heterocycles. The Hall–Kier alpha value is -2.31. The first-order valence-corrected chi connectivity index (χ1v) is 8.47. The topological polar surface area (TPSA) is 74.9 Å². The van der Waals surface area contributed by atoms with E-state index in [2.05, 4.69) is 5.32 Å². The van der Waals surface area contributed by atoms with E-state index in [0.717, 1.165) is 5.56 Å². The van der Waals surface area contributed by atoms with Gasteiger partial charge >= 0.3 is 6.03 Å². The predicted molar refractivity (Wildman–Crippen MR) is 93.2 cm³/mol. The van der Waals surface area contributed by atoms with Crippen LogP contribution in [-0.2, 0) is 4.74 Å². The molecule has 0 unspecified atom stereocenters. The van der Waals surface area contributed by atoms with Crippen molar-refractivity contribution in [2.24, 2.45) is 0 Å². The quantitative estimate of drug-likeness (QED) is 0.874. The van der Waals surface area contributed by atoms with Crippen molar-refractivity contribution < 1.29 is 19.1 Å². The number of benzene rings is 1. The third-order valence-corrected chi connectivity index (χ3v) is 4.53. The first kappa shape index (κ1) is 17.5. The molecule has 134 valence electrons. The Kier molecular flexibility index (Phi) is 5.40. The number of hydrogen-bond acceptors (Lipinski definition) is 4. The molecule has 0 saturated carbocycles. The predicted octanol–water partition coefficient (Wildman–Crippen LogP) is 2.55. The standard InChI is InChI=1S/C19H24N2O4/c1-21(14-19(23)9-12-24-13-10-19)18(22)20-17(16-8-5-11-25-16)15-6-3-2-4-7-15/h2-8,11,17,23H,9-10,12-14H2,1H3,(H,20,22)/t17-/m1/s1. The van der Waals surface area contributed by atoms with E-state index in [1.54, 1.807) is 19.4 Å². The summed E-state index contributed by atoms with van der Waals surface area (Å²) in [5, 5.41) is 13.6. The molecule has 2 heterocycles. The molecule has 1 aromatic carbocycles. The third kappa shape index (κ3) is 4.41. The number of likely N-dealkylation sites (N-methyl/N-ethyl adjacent to an activating group) is 1. The van der Waals surface area contributed by atoms with E-state index in [1.165, 1.54) is 4.90 Å². The number of carbonyl (C=O) groups excluding carboxylic acids is 1. The van der Waals surface area contributed by atoms with E-state index >= 15 is 0 Å². The van der Waals surface area contributed by atoms with Crippen LogP contribution in [0.5, 0.6) is 0 Å². The monoisotopic (exact) mass is 344 g/mol. The van der Waals surface area contributed by atoms with Crippen LogP contribution in [0.25, 0.3) is 0 Å². The number of nitrogens with zero attached hydrogens (tertiary/aromatic N) is 1. The number of nitrogens with one attached hydrogen (secondary N) is 1. The van der Waals surface area contributed by atoms with Crippen LogP contribution in [0.15, 0.2) is 53.1 Å². The molecule has 3 rings (SSSR count). The maximum Gasteiger partial charge on any atom is 0.318 e. The Morgan fingerprint density at radius 1 is 1.24 bits per heavy atom. The Morgan fingerprint density at radius 2 is 1.96 bits per heavy atom. The van der Waals surface area contributed by atoms with Gasteiger partial charge in [0, 0.05) is 33.1 Å². The molecule has 25 heavy (non-hydrogen) atoms. The second-order valence-corrected chi connectivity index (χ2v) is 6.50. The molecular weight excluding hydrogens is 320 g/mol. The summed E-state index contributed by atoms with van der Waals surface area (Å²) in [6.45, 7) is 1.30. The van der Waals surface area contributed by atoms with E-state index in [0.29, 0.717) is 31.8 Å². The Labute approximate surface area is 147 Å². The lowest BCUT2D eigenvalue weighted by molar-refractivity contribution is -0.0722. The molecule has 0 aliphatic carbocycles. The number of ether oxygens (including phenoxy) is 1. The highest BCUT2D eigenvalue weighted by molar-refractivity contribution is 5.75. The summed E-state index contributed by atoms with van der Waals surface area (Å²) >= 11 is 0. The van der Waals surface area contributed by atoms with Crippen LogP contribution in [0.1, 0.15) is 30.2 Å². The van der Waals surface area contributed by atoms with Crippen molar-refractivity contribution in [3.05, 3.63) is 60.1 Å². The van der Waals surface area contributed by atoms with E-state index in [4.69, 9.17) is 9.15 Å². The normalized spacial score (nSPS) is 17.7. The number of furan rings is 1. The fourth-order valence-corrected chi connectivity index (χ4v) is 3.08. The zero-order valence-electron chi connectivity index (χ0n) is 14.4. The second kappa shape index (κ2) is 7.72. The summed E-state index contributed by atoms with van der Waals surface area (Å²) in [7, 11) is 1.69. The van der Waals surface area contributed by atoms with Crippen molar-refractivity contribution in [2.75, 3.05) is 26.8 Å². The zero-order chi connectivity index (χ0) is 17.7. The minimum atomic E-state index is -0.892. The fourth-order valence-electron chi connectivity index (χ4n) is 3.08. The van der Waals surface area contributed by atoms with Gasteiger partial charge in [-0.15, -0.1) is 0 Å². The largest absolute Gasteiger partial charge is 0.467 e. The van der Waals surface area contributed by atoms with Crippen LogP contribution in [0.2, 0.25) is 0 Å². The van der Waals surface area contributed by atoms with Crippen molar-refractivity contribution in [3.8, 4) is 0 Å². The van der Waals surface area contributed by atoms with Crippen LogP contribution in [0, 0.1) is 0 Å². The average molecular weight is 344 g/mol. The summed E-state index contributed by atoms with van der Waals surface area (Å²) in [4.78, 5) is 14.2. The summed E-state index contributed by atoms with van der Waals surface area (Å²) in [5.74, 6) is 0.665. The molecule has 1 fully saturated rings. The van der Waals surface area contributed by atoms with Gasteiger partial charge in [-0.3, -0.25) is 0 Å². The van der Waals surface area contributed by atoms with Crippen molar-refractivity contribution >= 4 is 6.03 Å². The fraction of sp³-hybridized carbons (Fsp3) is 0.421. The summed E-state index contributed by atoms with van der Waals surface area (Å²) in [6.07, 6.45) is 2.65. The minimum Gasteiger partial charge on any atom is -0.467 e. The molecule has 1 aliphatic rings. The minimum absolute atomic E-state index is 0.259. The van der Waals surface area contributed by atoms with E-state index in [1.807, 2.05) is 36.4 Å². The maximum atomic E-state index is 12.7. The summed E-state index contributed by atoms with van der Waals surface area (Å²) in [6, 6.07) is 12.7. The SMILES string of the molecule is CN(CC1(O)CCOCC1)C(=O)N[C@H](c1ccccc1)c1ccco1. The van der Waals surface area contributed by atoms with Crippen molar-refractivity contribution in [1.82, 2.24) is 10.2 Å². The number of amides is 2. The van der Waals surface area contributed by atoms with Gasteiger partial charge in [-0.25, -0.2) is 4.79 Å². The van der Waals surface area contributed by atoms with Gasteiger partial charge in [0.1, 0.15) is 11.8 Å². The molecule has 2 aromatic rings. The smallest absolute Gasteiger partial charge is 0.318 e. The van der Waals surface area contributed by atoms with E-state index in [9.17, 15) is 9.90 Å². The molecule has 1 aliphatic heterocycles. The number of aliphatic hydroxyl groups is 1. The van der Waals surface area contributed by atoms with Crippen LogP contribution in [0.4, 0.5) is 4.79 Å². The molecular formula is C19H24N2O4. The van der Waals surface area contributed by atoms with Gasteiger partial charge in [0.2, 0.25) is 0 Å². The summed E-state index contributed by atoms with van der Waals surface area (Å²) < 4.78 is 10.8. The lowest BCUT2D eigenvalue weighted by Crippen LogP contribution is -2.50. The zero-order valence-corrected chi connectivity index (χ0v) is 14.4. The molecule has 0 bridgehead atoms. The Bertz CT molecular complexity index is 666. The molecule has 0 spiro atoms. The van der Waals surface area contributed by atoms with Crippen LogP contribution in [-0.4, -0.2) is 48.4 Å². The van der Waals surface area contributed by atoms with Crippen molar-refractivity contribution in [2.45, 2.75) is 24.5 Å². The van der Waals surface area contributed by atoms with Gasteiger partial charge in [0.05, 0.1) is 18.4 Å². The molecule has 1 atom stereocenters. The third-order valence-electron chi connectivity index (χ3n) is 4.53. The van der Waals surface area contributed by atoms with Gasteiger partial charge in [-0.1, -0.05) is 30.3 Å². The Morgan fingerprint density at radius 3 is 2.60 bits per heavy atom. The Balaban J connectivity index is 1.70. The second-order valence-electron chi connectivity index (χ2n) is 6.50. The van der Waals surface area contributed by atoms with Crippen LogP contribution >= 0.6 is 0 Å². The van der Waals surface area contributed by atoms with Gasteiger partial charge in [0.15, 0.2) is 0 Å². The number of urea groups is 1. The van der Waals surface area contributed by atoms with Gasteiger partial charge in [0.25, 0.3) is 0 Å². The lowest BCUT2D eigenvalue weighted by atomic mass is 9.94. The highest BCUT2D eigenvalue weighted by Crippen LogP contribution is 2.24. The first-order chi connectivity index (χ1) is 12.1. The molecule has 6 nitrogen and oxygen atoms in total.